The molecule has 0 aliphatic carbocycles. The van der Waals surface area contributed by atoms with Crippen molar-refractivity contribution in [3.05, 3.63) is 18.4 Å². The van der Waals surface area contributed by atoms with E-state index in [9.17, 15) is 0 Å². The van der Waals surface area contributed by atoms with Crippen molar-refractivity contribution in [1.29, 1.82) is 5.41 Å². The Bertz CT molecular complexity index is 96.5. The van der Waals surface area contributed by atoms with Crippen LogP contribution in [0.15, 0.2) is 18.4 Å². The van der Waals surface area contributed by atoms with Gasteiger partial charge in [0.1, 0.15) is 0 Å². The molecule has 0 unspecified atom stereocenters. The molecule has 6 heavy (non-hydrogen) atoms. The van der Waals surface area contributed by atoms with Crippen LogP contribution in [-0.4, -0.2) is 5.71 Å². The molecule has 1 heteroatoms. The summed E-state index contributed by atoms with van der Waals surface area (Å²) in [6, 6.07) is 0. The van der Waals surface area contributed by atoms with Crippen LogP contribution in [0.5, 0.6) is 0 Å². The predicted octanol–water partition coefficient (Wildman–Crippen LogP) is 1.37. The van der Waals surface area contributed by atoms with Gasteiger partial charge >= 0.3 is 0 Å². The first-order valence-corrected chi connectivity index (χ1v) is 1.68. The number of nitrogens with one attached hydrogen (secondary N) is 1. The van der Waals surface area contributed by atoms with E-state index in [4.69, 9.17) is 5.41 Å². The van der Waals surface area contributed by atoms with Crippen LogP contribution in [-0.2, 0) is 0 Å². The van der Waals surface area contributed by atoms with Gasteiger partial charge in [-0.3, -0.25) is 0 Å². The zero-order valence-electron chi connectivity index (χ0n) is 3.78. The van der Waals surface area contributed by atoms with Gasteiger partial charge in [-0.05, 0) is 13.0 Å². The van der Waals surface area contributed by atoms with E-state index in [0.29, 0.717) is 5.71 Å². The summed E-state index contributed by atoms with van der Waals surface area (Å²) in [5, 5.41) is 6.74. The number of hydrogen-bond acceptors (Lipinski definition) is 1. The van der Waals surface area contributed by atoms with Crippen LogP contribution in [0.2, 0.25) is 0 Å². The van der Waals surface area contributed by atoms with Gasteiger partial charge in [0.2, 0.25) is 0 Å². The Hall–Kier alpha value is -0.810. The highest BCUT2D eigenvalue weighted by molar-refractivity contribution is 5.89. The molecule has 0 saturated heterocycles. The Morgan fingerprint density at radius 1 is 2.00 bits per heavy atom. The van der Waals surface area contributed by atoms with Gasteiger partial charge in [0, 0.05) is 5.71 Å². The molecule has 0 aliphatic heterocycles. The quantitative estimate of drug-likeness (QED) is 0.364. The van der Waals surface area contributed by atoms with Gasteiger partial charge in [-0.15, -0.1) is 5.73 Å². The third-order valence-corrected chi connectivity index (χ3v) is 0.319. The zero-order chi connectivity index (χ0) is 4.99. The molecule has 1 N–H and O–H groups in total. The van der Waals surface area contributed by atoms with Gasteiger partial charge in [0.05, 0.1) is 0 Å². The lowest BCUT2D eigenvalue weighted by Crippen LogP contribution is -1.72. The van der Waals surface area contributed by atoms with Crippen LogP contribution >= 0.6 is 0 Å². The van der Waals surface area contributed by atoms with Crippen LogP contribution < -0.4 is 0 Å². The standard InChI is InChI=1S/C5H7N/c1-3-4-5(2)6/h4,6H,1H2,2H3. The maximum absolute atomic E-state index is 6.74. The van der Waals surface area contributed by atoms with Crippen LogP contribution in [0.25, 0.3) is 0 Å². The SMILES string of the molecule is C=C=CC(C)=N. The average Bonchev–Trinajstić information content (AvgIpc) is 1.35. The molecule has 0 atom stereocenters. The Labute approximate surface area is 37.5 Å². The molecular formula is C5H7N. The summed E-state index contributed by atoms with van der Waals surface area (Å²) in [6.07, 6.45) is 1.51. The second kappa shape index (κ2) is 2.43. The fourth-order valence-electron chi connectivity index (χ4n) is 0.153. The van der Waals surface area contributed by atoms with Gasteiger partial charge in [-0.1, -0.05) is 6.58 Å². The molecule has 0 aliphatic rings. The van der Waals surface area contributed by atoms with Crippen LogP contribution in [0, 0.1) is 5.41 Å². The van der Waals surface area contributed by atoms with Gasteiger partial charge in [-0.25, -0.2) is 0 Å². The molecule has 0 radical (unpaired) electrons. The summed E-state index contributed by atoms with van der Waals surface area (Å²) in [7, 11) is 0. The number of rotatable bonds is 1. The molecule has 0 amide bonds. The Kier molecular flexibility index (Phi) is 2.10. The van der Waals surface area contributed by atoms with Crippen molar-refractivity contribution in [3.63, 3.8) is 0 Å². The van der Waals surface area contributed by atoms with E-state index in [1.165, 1.54) is 6.08 Å². The van der Waals surface area contributed by atoms with Crippen molar-refractivity contribution < 1.29 is 0 Å². The monoisotopic (exact) mass is 81.1 g/mol. The highest BCUT2D eigenvalue weighted by Crippen LogP contribution is 1.65. The molecule has 1 nitrogen and oxygen atoms in total. The maximum Gasteiger partial charge on any atom is 0.0359 e. The van der Waals surface area contributed by atoms with Crippen molar-refractivity contribution in [2.24, 2.45) is 0 Å². The van der Waals surface area contributed by atoms with E-state index in [0.717, 1.165) is 0 Å². The average molecular weight is 81.1 g/mol. The number of hydrogen-bond donors (Lipinski definition) is 1. The van der Waals surface area contributed by atoms with Gasteiger partial charge in [-0.2, -0.15) is 0 Å². The Morgan fingerprint density at radius 3 is 2.50 bits per heavy atom. The molecule has 0 aromatic heterocycles. The molecule has 0 bridgehead atoms. The molecule has 0 saturated carbocycles. The predicted molar refractivity (Wildman–Crippen MR) is 27.1 cm³/mol. The van der Waals surface area contributed by atoms with E-state index in [2.05, 4.69) is 12.3 Å². The van der Waals surface area contributed by atoms with Gasteiger partial charge in [0.15, 0.2) is 0 Å². The lowest BCUT2D eigenvalue weighted by atomic mass is 10.4. The minimum absolute atomic E-state index is 0.491. The highest BCUT2D eigenvalue weighted by Gasteiger charge is 1.65. The van der Waals surface area contributed by atoms with E-state index >= 15 is 0 Å². The topological polar surface area (TPSA) is 23.9 Å². The lowest BCUT2D eigenvalue weighted by molar-refractivity contribution is 1.50. The molecule has 0 rings (SSSR count). The molecule has 0 fully saturated rings. The minimum Gasteiger partial charge on any atom is -0.305 e. The van der Waals surface area contributed by atoms with Crippen molar-refractivity contribution >= 4 is 5.71 Å². The smallest absolute Gasteiger partial charge is 0.0359 e. The van der Waals surface area contributed by atoms with Crippen molar-refractivity contribution in [2.75, 3.05) is 0 Å². The first-order chi connectivity index (χ1) is 2.77. The van der Waals surface area contributed by atoms with Gasteiger partial charge < -0.3 is 5.41 Å². The largest absolute Gasteiger partial charge is 0.305 e. The molecule has 0 spiro atoms. The van der Waals surface area contributed by atoms with Crippen molar-refractivity contribution in [3.8, 4) is 0 Å². The first-order valence-electron chi connectivity index (χ1n) is 1.68. The summed E-state index contributed by atoms with van der Waals surface area (Å²) in [5.41, 5.74) is 2.96. The van der Waals surface area contributed by atoms with E-state index < -0.39 is 0 Å². The Balaban J connectivity index is 3.60. The molecule has 0 aromatic rings. The van der Waals surface area contributed by atoms with Crippen LogP contribution in [0.4, 0.5) is 0 Å². The Morgan fingerprint density at radius 2 is 2.50 bits per heavy atom. The summed E-state index contributed by atoms with van der Waals surface area (Å²) in [5.74, 6) is 0. The maximum atomic E-state index is 6.74. The van der Waals surface area contributed by atoms with Crippen LogP contribution in [0.1, 0.15) is 6.92 Å². The first kappa shape index (κ1) is 5.19. The highest BCUT2D eigenvalue weighted by atomic mass is 14.4. The number of allylic oxidation sites excluding steroid dienone is 1. The second-order valence-electron chi connectivity index (χ2n) is 1.03. The fraction of sp³-hybridized carbons (Fsp3) is 0.200. The fourth-order valence-corrected chi connectivity index (χ4v) is 0.153. The molecular weight excluding hydrogens is 74.1 g/mol. The lowest BCUT2D eigenvalue weighted by Gasteiger charge is -1.69. The molecule has 32 valence electrons. The van der Waals surface area contributed by atoms with Crippen molar-refractivity contribution in [2.45, 2.75) is 6.92 Å². The zero-order valence-corrected chi connectivity index (χ0v) is 3.78. The third kappa shape index (κ3) is 3.19. The van der Waals surface area contributed by atoms with Crippen LogP contribution in [0.3, 0.4) is 0 Å². The summed E-state index contributed by atoms with van der Waals surface area (Å²) < 4.78 is 0. The van der Waals surface area contributed by atoms with E-state index in [1.54, 1.807) is 6.92 Å². The molecule has 0 aromatic carbocycles. The van der Waals surface area contributed by atoms with Crippen molar-refractivity contribution in [1.82, 2.24) is 0 Å². The van der Waals surface area contributed by atoms with E-state index in [-0.39, 0.29) is 0 Å². The second-order valence-corrected chi connectivity index (χ2v) is 1.03. The normalized spacial score (nSPS) is 6.17. The molecule has 0 heterocycles. The third-order valence-electron chi connectivity index (χ3n) is 0.319. The van der Waals surface area contributed by atoms with E-state index in [1.807, 2.05) is 0 Å². The minimum atomic E-state index is 0.491. The summed E-state index contributed by atoms with van der Waals surface area (Å²) in [4.78, 5) is 0. The summed E-state index contributed by atoms with van der Waals surface area (Å²) >= 11 is 0. The summed E-state index contributed by atoms with van der Waals surface area (Å²) in [6.45, 7) is 4.96. The van der Waals surface area contributed by atoms with Gasteiger partial charge in [0.25, 0.3) is 0 Å².